The molecule has 1 amide bonds. The molecule has 6 nitrogen and oxygen atoms in total. The number of amides is 1. The Morgan fingerprint density at radius 2 is 1.96 bits per heavy atom. The van der Waals surface area contributed by atoms with Gasteiger partial charge in [-0.15, -0.1) is 0 Å². The van der Waals surface area contributed by atoms with E-state index >= 15 is 0 Å². The second-order valence-electron chi connectivity index (χ2n) is 7.26. The first kappa shape index (κ1) is 18.3. The van der Waals surface area contributed by atoms with Crippen LogP contribution in [0.1, 0.15) is 37.9 Å². The molecule has 1 aromatic carbocycles. The lowest BCUT2D eigenvalue weighted by atomic mass is 10.0. The third-order valence-electron chi connectivity index (χ3n) is 5.54. The molecule has 4 rings (SSSR count). The molecule has 0 atom stereocenters. The van der Waals surface area contributed by atoms with Gasteiger partial charge in [0, 0.05) is 30.5 Å². The Hall–Kier alpha value is -3.02. The molecule has 0 unspecified atom stereocenters. The van der Waals surface area contributed by atoms with Crippen molar-refractivity contribution in [1.82, 2.24) is 5.16 Å². The number of carbonyl (C=O) groups excluding carboxylic acids is 1. The molecule has 0 spiro atoms. The molecular weight excluding hydrogens is 354 g/mol. The van der Waals surface area contributed by atoms with Crippen LogP contribution >= 0.6 is 0 Å². The highest BCUT2D eigenvalue weighted by molar-refractivity contribution is 6.01. The summed E-state index contributed by atoms with van der Waals surface area (Å²) in [7, 11) is 0. The summed E-state index contributed by atoms with van der Waals surface area (Å²) < 4.78 is 10.7. The van der Waals surface area contributed by atoms with Crippen LogP contribution in [0, 0.1) is 6.92 Å². The van der Waals surface area contributed by atoms with Crippen LogP contribution in [0.25, 0.3) is 11.5 Å². The van der Waals surface area contributed by atoms with Crippen molar-refractivity contribution < 1.29 is 13.7 Å². The Labute approximate surface area is 164 Å². The van der Waals surface area contributed by atoms with E-state index in [0.29, 0.717) is 17.2 Å². The lowest BCUT2D eigenvalue weighted by Gasteiger charge is -2.22. The highest BCUT2D eigenvalue weighted by atomic mass is 16.5. The molecule has 3 aromatic rings. The number of furan rings is 1. The van der Waals surface area contributed by atoms with Crippen LogP contribution in [0.4, 0.5) is 11.4 Å². The number of hydrogen-bond donors (Lipinski definition) is 1. The van der Waals surface area contributed by atoms with Crippen LogP contribution in [-0.4, -0.2) is 24.2 Å². The number of anilines is 2. The molecule has 1 fully saturated rings. The van der Waals surface area contributed by atoms with E-state index in [2.05, 4.69) is 41.4 Å². The lowest BCUT2D eigenvalue weighted by Crippen LogP contribution is -2.28. The van der Waals surface area contributed by atoms with Crippen LogP contribution in [0.3, 0.4) is 0 Å². The van der Waals surface area contributed by atoms with Crippen molar-refractivity contribution in [3.8, 4) is 11.5 Å². The highest BCUT2D eigenvalue weighted by Crippen LogP contribution is 2.49. The number of aromatic nitrogens is 1. The summed E-state index contributed by atoms with van der Waals surface area (Å²) in [4.78, 5) is 15.3. The monoisotopic (exact) mass is 379 g/mol. The summed E-state index contributed by atoms with van der Waals surface area (Å²) in [5, 5.41) is 7.24. The zero-order chi connectivity index (χ0) is 19.7. The second kappa shape index (κ2) is 7.19. The Morgan fingerprint density at radius 3 is 2.57 bits per heavy atom. The topological polar surface area (TPSA) is 71.5 Å². The Morgan fingerprint density at radius 1 is 1.18 bits per heavy atom. The molecule has 0 aliphatic heterocycles. The van der Waals surface area contributed by atoms with E-state index in [-0.39, 0.29) is 5.91 Å². The minimum atomic E-state index is -0.613. The van der Waals surface area contributed by atoms with E-state index in [1.807, 2.05) is 25.1 Å². The lowest BCUT2D eigenvalue weighted by molar-refractivity contribution is -0.118. The maximum atomic E-state index is 13.0. The average molecular weight is 379 g/mol. The summed E-state index contributed by atoms with van der Waals surface area (Å²) in [5.74, 6) is 1.11. The average Bonchev–Trinajstić information content (AvgIpc) is 3.09. The molecule has 1 aliphatic rings. The van der Waals surface area contributed by atoms with Gasteiger partial charge in [-0.1, -0.05) is 5.16 Å². The zero-order valence-corrected chi connectivity index (χ0v) is 16.5. The third kappa shape index (κ3) is 3.19. The van der Waals surface area contributed by atoms with Crippen LogP contribution < -0.4 is 10.2 Å². The smallest absolute Gasteiger partial charge is 0.236 e. The minimum Gasteiger partial charge on any atom is -0.461 e. The molecule has 1 saturated carbocycles. The van der Waals surface area contributed by atoms with Crippen molar-refractivity contribution >= 4 is 17.3 Å². The molecule has 1 N–H and O–H groups in total. The van der Waals surface area contributed by atoms with Gasteiger partial charge in [-0.25, -0.2) is 0 Å². The van der Waals surface area contributed by atoms with Crippen molar-refractivity contribution in [3.05, 3.63) is 53.9 Å². The molecular formula is C22H25N3O3. The second-order valence-corrected chi connectivity index (χ2v) is 7.26. The van der Waals surface area contributed by atoms with Gasteiger partial charge in [0.2, 0.25) is 11.7 Å². The third-order valence-corrected chi connectivity index (χ3v) is 5.54. The molecule has 0 saturated heterocycles. The molecule has 2 heterocycles. The molecule has 28 heavy (non-hydrogen) atoms. The molecule has 0 bridgehead atoms. The van der Waals surface area contributed by atoms with Gasteiger partial charge < -0.3 is 19.2 Å². The molecule has 6 heteroatoms. The number of hydrogen-bond acceptors (Lipinski definition) is 5. The number of rotatable bonds is 7. The van der Waals surface area contributed by atoms with E-state index in [1.165, 1.54) is 5.69 Å². The highest BCUT2D eigenvalue weighted by Gasteiger charge is 2.54. The number of benzene rings is 1. The SMILES string of the molecule is CCN(CC)c1ccc(NC(=O)C2(c3cc(-c4ccco4)on3)CC2)c(C)c1. The first-order valence-electron chi connectivity index (χ1n) is 9.75. The maximum Gasteiger partial charge on any atom is 0.236 e. The number of nitrogens with zero attached hydrogens (tertiary/aromatic N) is 2. The van der Waals surface area contributed by atoms with Gasteiger partial charge in [0.05, 0.1) is 17.4 Å². The van der Waals surface area contributed by atoms with E-state index < -0.39 is 5.41 Å². The molecule has 2 aromatic heterocycles. The zero-order valence-electron chi connectivity index (χ0n) is 16.5. The largest absolute Gasteiger partial charge is 0.461 e. The molecule has 146 valence electrons. The normalized spacial score (nSPS) is 14.7. The van der Waals surface area contributed by atoms with Gasteiger partial charge >= 0.3 is 0 Å². The van der Waals surface area contributed by atoms with E-state index in [1.54, 1.807) is 12.3 Å². The van der Waals surface area contributed by atoms with Crippen LogP contribution in [0.5, 0.6) is 0 Å². The van der Waals surface area contributed by atoms with Gasteiger partial charge in [0.15, 0.2) is 5.76 Å². The Bertz CT molecular complexity index is 967. The fourth-order valence-electron chi connectivity index (χ4n) is 3.58. The number of nitrogens with one attached hydrogen (secondary N) is 1. The predicted octanol–water partition coefficient (Wildman–Crippen LogP) is 4.76. The first-order chi connectivity index (χ1) is 13.6. The van der Waals surface area contributed by atoms with Crippen molar-refractivity contribution in [1.29, 1.82) is 0 Å². The fourth-order valence-corrected chi connectivity index (χ4v) is 3.58. The van der Waals surface area contributed by atoms with Gasteiger partial charge in [-0.05, 0) is 69.5 Å². The summed E-state index contributed by atoms with van der Waals surface area (Å²) in [6.45, 7) is 8.21. The summed E-state index contributed by atoms with van der Waals surface area (Å²) in [6.07, 6.45) is 3.11. The van der Waals surface area contributed by atoms with E-state index in [0.717, 1.165) is 37.2 Å². The van der Waals surface area contributed by atoms with Crippen molar-refractivity contribution in [2.45, 2.75) is 39.0 Å². The maximum absolute atomic E-state index is 13.0. The van der Waals surface area contributed by atoms with Crippen LogP contribution in [0.15, 0.2) is 51.6 Å². The van der Waals surface area contributed by atoms with Gasteiger partial charge in [0.1, 0.15) is 0 Å². The number of aryl methyl sites for hydroxylation is 1. The van der Waals surface area contributed by atoms with Gasteiger partial charge in [-0.2, -0.15) is 0 Å². The summed E-state index contributed by atoms with van der Waals surface area (Å²) >= 11 is 0. The first-order valence-corrected chi connectivity index (χ1v) is 9.75. The summed E-state index contributed by atoms with van der Waals surface area (Å²) in [5.41, 5.74) is 3.10. The molecule has 1 aliphatic carbocycles. The minimum absolute atomic E-state index is 0.0366. The molecule has 0 radical (unpaired) electrons. The van der Waals surface area contributed by atoms with Crippen LogP contribution in [-0.2, 0) is 10.2 Å². The van der Waals surface area contributed by atoms with Gasteiger partial charge in [-0.3, -0.25) is 4.79 Å². The van der Waals surface area contributed by atoms with Gasteiger partial charge in [0.25, 0.3) is 0 Å². The Balaban J connectivity index is 1.52. The van der Waals surface area contributed by atoms with E-state index in [9.17, 15) is 4.79 Å². The standard InChI is InChI=1S/C22H25N3O3/c1-4-25(5-2)16-8-9-17(15(3)13-16)23-21(26)22(10-11-22)20-14-19(28-24-20)18-7-6-12-27-18/h6-9,12-14H,4-5,10-11H2,1-3H3,(H,23,26). The van der Waals surface area contributed by atoms with Crippen molar-refractivity contribution in [2.24, 2.45) is 0 Å². The fraction of sp³-hybridized carbons (Fsp3) is 0.364. The van der Waals surface area contributed by atoms with E-state index in [4.69, 9.17) is 8.94 Å². The van der Waals surface area contributed by atoms with Crippen LogP contribution in [0.2, 0.25) is 0 Å². The Kier molecular flexibility index (Phi) is 4.71. The summed E-state index contributed by atoms with van der Waals surface area (Å²) in [6, 6.07) is 11.6. The quantitative estimate of drug-likeness (QED) is 0.641. The number of carbonyl (C=O) groups is 1. The predicted molar refractivity (Wildman–Crippen MR) is 108 cm³/mol. The van der Waals surface area contributed by atoms with Crippen molar-refractivity contribution in [3.63, 3.8) is 0 Å². The van der Waals surface area contributed by atoms with Crippen molar-refractivity contribution in [2.75, 3.05) is 23.3 Å².